The molecule has 0 spiro atoms. The molecule has 11 nitrogen and oxygen atoms in total. The number of carbonyl (C=O) groups is 2. The number of hydrogen-bond donors (Lipinski definition) is 6. The minimum Gasteiger partial charge on any atom is -0.466 e. The van der Waals surface area contributed by atoms with Crippen LogP contribution in [0.15, 0.2) is 72.9 Å². The zero-order valence-corrected chi connectivity index (χ0v) is 42.1. The van der Waals surface area contributed by atoms with E-state index < -0.39 is 49.5 Å². The van der Waals surface area contributed by atoms with E-state index in [-0.39, 0.29) is 18.5 Å². The average Bonchev–Trinajstić information content (AvgIpc) is 3.32. The van der Waals surface area contributed by atoms with Crippen molar-refractivity contribution in [3.05, 3.63) is 72.9 Å². The van der Waals surface area contributed by atoms with Gasteiger partial charge in [0.15, 0.2) is 6.29 Å². The van der Waals surface area contributed by atoms with Crippen LogP contribution in [0.25, 0.3) is 0 Å². The van der Waals surface area contributed by atoms with E-state index in [2.05, 4.69) is 79.9 Å². The molecule has 386 valence electrons. The standard InChI is InChI=1S/C56H97NO10/c1-3-5-7-9-11-13-15-24-28-32-36-40-44-52(61)65-45-41-37-33-29-25-22-20-18-16-17-19-21-23-27-31-35-39-43-51(60)57-48(47-66-56-55(64)54(63)53(62)50(46-58)67-56)49(59)42-38-34-30-26-14-12-10-8-6-4-2/h6,8,11,13-14,16,18,22,25-26,38,42,48-50,53-56,58-59,62-64H,3-5,7,9-10,12,15,17,19-21,23-24,27-37,39-41,43-47H2,1-2H3,(H,57,60)/b8-6+,13-11-,18-16-,25-22-,26-14+,42-38+. The highest BCUT2D eigenvalue weighted by Gasteiger charge is 2.44. The molecule has 0 aromatic heterocycles. The van der Waals surface area contributed by atoms with Gasteiger partial charge < -0.3 is 45.1 Å². The van der Waals surface area contributed by atoms with Gasteiger partial charge in [0.05, 0.1) is 32.0 Å². The van der Waals surface area contributed by atoms with Crippen molar-refractivity contribution in [2.24, 2.45) is 0 Å². The van der Waals surface area contributed by atoms with Crippen molar-refractivity contribution in [2.45, 2.75) is 249 Å². The molecule has 7 atom stereocenters. The second-order valence-corrected chi connectivity index (χ2v) is 18.2. The van der Waals surface area contributed by atoms with Gasteiger partial charge in [0.2, 0.25) is 5.91 Å². The van der Waals surface area contributed by atoms with Gasteiger partial charge in [-0.3, -0.25) is 9.59 Å². The Morgan fingerprint density at radius 2 is 1.06 bits per heavy atom. The summed E-state index contributed by atoms with van der Waals surface area (Å²) in [6, 6.07) is -0.847. The molecule has 7 unspecified atom stereocenters. The summed E-state index contributed by atoms with van der Waals surface area (Å²) in [6.45, 7) is 4.09. The summed E-state index contributed by atoms with van der Waals surface area (Å²) in [4.78, 5) is 25.0. The molecule has 1 saturated heterocycles. The maximum Gasteiger partial charge on any atom is 0.305 e. The molecule has 0 radical (unpaired) electrons. The number of carbonyl (C=O) groups excluding carboxylic acids is 2. The molecule has 11 heteroatoms. The Hall–Kier alpha value is -2.90. The van der Waals surface area contributed by atoms with Crippen LogP contribution < -0.4 is 5.32 Å². The summed E-state index contributed by atoms with van der Waals surface area (Å²) in [7, 11) is 0. The summed E-state index contributed by atoms with van der Waals surface area (Å²) in [5.74, 6) is -0.263. The number of esters is 1. The largest absolute Gasteiger partial charge is 0.466 e. The first-order valence-corrected chi connectivity index (χ1v) is 26.7. The topological polar surface area (TPSA) is 175 Å². The summed E-state index contributed by atoms with van der Waals surface area (Å²) in [6.07, 6.45) is 48.5. The molecule has 0 bridgehead atoms. The van der Waals surface area contributed by atoms with Crippen LogP contribution in [0.1, 0.15) is 206 Å². The molecule has 0 aliphatic carbocycles. The number of nitrogens with one attached hydrogen (secondary N) is 1. The van der Waals surface area contributed by atoms with Crippen LogP contribution in [0.2, 0.25) is 0 Å². The summed E-state index contributed by atoms with van der Waals surface area (Å²) in [5.41, 5.74) is 0. The zero-order valence-electron chi connectivity index (χ0n) is 42.1. The minimum absolute atomic E-state index is 0.0453. The van der Waals surface area contributed by atoms with Crippen LogP contribution in [0.4, 0.5) is 0 Å². The van der Waals surface area contributed by atoms with Gasteiger partial charge in [-0.2, -0.15) is 0 Å². The van der Waals surface area contributed by atoms with E-state index >= 15 is 0 Å². The molecule has 0 saturated carbocycles. The predicted octanol–water partition coefficient (Wildman–Crippen LogP) is 11.3. The van der Waals surface area contributed by atoms with Crippen LogP contribution in [-0.4, -0.2) is 100 Å². The van der Waals surface area contributed by atoms with Gasteiger partial charge in [-0.1, -0.05) is 151 Å². The fourth-order valence-corrected chi connectivity index (χ4v) is 7.73. The van der Waals surface area contributed by atoms with Crippen molar-refractivity contribution >= 4 is 11.9 Å². The molecular weight excluding hydrogens is 847 g/mol. The number of ether oxygens (including phenoxy) is 3. The molecule has 1 amide bonds. The van der Waals surface area contributed by atoms with Gasteiger partial charge in [-0.25, -0.2) is 0 Å². The lowest BCUT2D eigenvalue weighted by molar-refractivity contribution is -0.302. The van der Waals surface area contributed by atoms with E-state index in [4.69, 9.17) is 14.2 Å². The SMILES string of the molecule is CC/C=C/CC/C=C/CC/C=C/C(O)C(COC1OC(CO)C(O)C(O)C1O)NC(=O)CCCCCCCCC/C=C\C/C=C\CCCCCOC(=O)CCCCCCC/C=C\CCCCC. The molecule has 1 rings (SSSR count). The Morgan fingerprint density at radius 1 is 0.567 bits per heavy atom. The van der Waals surface area contributed by atoms with Crippen LogP contribution in [-0.2, 0) is 23.8 Å². The first-order valence-electron chi connectivity index (χ1n) is 26.7. The van der Waals surface area contributed by atoms with Crippen LogP contribution in [0, 0.1) is 0 Å². The lowest BCUT2D eigenvalue weighted by Gasteiger charge is -2.40. The lowest BCUT2D eigenvalue weighted by Crippen LogP contribution is -2.60. The van der Waals surface area contributed by atoms with E-state index in [1.165, 1.54) is 70.6 Å². The normalized spacial score (nSPS) is 20.1. The summed E-state index contributed by atoms with van der Waals surface area (Å²) >= 11 is 0. The molecular formula is C56H97NO10. The van der Waals surface area contributed by atoms with Crippen molar-refractivity contribution in [1.29, 1.82) is 0 Å². The van der Waals surface area contributed by atoms with Gasteiger partial charge in [0.25, 0.3) is 0 Å². The van der Waals surface area contributed by atoms with Crippen molar-refractivity contribution in [3.8, 4) is 0 Å². The van der Waals surface area contributed by atoms with E-state index in [0.29, 0.717) is 25.9 Å². The van der Waals surface area contributed by atoms with Crippen LogP contribution in [0.5, 0.6) is 0 Å². The summed E-state index contributed by atoms with van der Waals surface area (Å²) < 4.78 is 16.6. The fraction of sp³-hybridized carbons (Fsp3) is 0.750. The van der Waals surface area contributed by atoms with Crippen LogP contribution in [0.3, 0.4) is 0 Å². The number of rotatable bonds is 44. The van der Waals surface area contributed by atoms with Crippen LogP contribution >= 0.6 is 0 Å². The Balaban J connectivity index is 2.15. The number of aliphatic hydroxyl groups is 5. The lowest BCUT2D eigenvalue weighted by atomic mass is 9.99. The third-order valence-corrected chi connectivity index (χ3v) is 12.0. The molecule has 6 N–H and O–H groups in total. The number of aliphatic hydroxyl groups excluding tert-OH is 5. The molecule has 1 aliphatic heterocycles. The molecule has 1 heterocycles. The zero-order chi connectivity index (χ0) is 48.8. The number of unbranched alkanes of at least 4 members (excludes halogenated alkanes) is 20. The van der Waals surface area contributed by atoms with Gasteiger partial charge in [-0.15, -0.1) is 0 Å². The van der Waals surface area contributed by atoms with E-state index in [9.17, 15) is 35.1 Å². The minimum atomic E-state index is -1.59. The third-order valence-electron chi connectivity index (χ3n) is 12.0. The number of allylic oxidation sites excluding steroid dienone is 11. The van der Waals surface area contributed by atoms with Gasteiger partial charge in [0.1, 0.15) is 24.4 Å². The molecule has 67 heavy (non-hydrogen) atoms. The highest BCUT2D eigenvalue weighted by Crippen LogP contribution is 2.22. The van der Waals surface area contributed by atoms with Gasteiger partial charge >= 0.3 is 5.97 Å². The maximum absolute atomic E-state index is 13.0. The monoisotopic (exact) mass is 944 g/mol. The summed E-state index contributed by atoms with van der Waals surface area (Å²) in [5, 5.41) is 54.1. The number of hydrogen-bond acceptors (Lipinski definition) is 10. The van der Waals surface area contributed by atoms with Crippen molar-refractivity contribution in [1.82, 2.24) is 5.32 Å². The van der Waals surface area contributed by atoms with E-state index in [1.54, 1.807) is 6.08 Å². The fourth-order valence-electron chi connectivity index (χ4n) is 7.73. The smallest absolute Gasteiger partial charge is 0.305 e. The predicted molar refractivity (Wildman–Crippen MR) is 273 cm³/mol. The second kappa shape index (κ2) is 45.5. The quantitative estimate of drug-likeness (QED) is 0.0196. The Kier molecular flexibility index (Phi) is 42.2. The maximum atomic E-state index is 13.0. The highest BCUT2D eigenvalue weighted by atomic mass is 16.7. The third kappa shape index (κ3) is 35.8. The van der Waals surface area contributed by atoms with E-state index in [0.717, 1.165) is 103 Å². The van der Waals surface area contributed by atoms with Gasteiger partial charge in [-0.05, 0) is 116 Å². The molecule has 0 aromatic rings. The van der Waals surface area contributed by atoms with Crippen molar-refractivity contribution in [2.75, 3.05) is 19.8 Å². The van der Waals surface area contributed by atoms with Crippen molar-refractivity contribution in [3.63, 3.8) is 0 Å². The molecule has 0 aromatic carbocycles. The molecule has 1 aliphatic rings. The Labute approximate surface area is 407 Å². The first kappa shape index (κ1) is 62.1. The van der Waals surface area contributed by atoms with Gasteiger partial charge in [0, 0.05) is 12.8 Å². The average molecular weight is 944 g/mol. The van der Waals surface area contributed by atoms with Crippen molar-refractivity contribution < 1.29 is 49.3 Å². The Morgan fingerprint density at radius 3 is 1.64 bits per heavy atom. The van der Waals surface area contributed by atoms with E-state index in [1.807, 2.05) is 6.08 Å². The first-order chi connectivity index (χ1) is 32.7. The second-order valence-electron chi connectivity index (χ2n) is 18.2. The Bertz CT molecular complexity index is 1340. The number of amides is 1. The molecule has 1 fully saturated rings. The highest BCUT2D eigenvalue weighted by molar-refractivity contribution is 5.76.